The van der Waals surface area contributed by atoms with E-state index < -0.39 is 0 Å². The van der Waals surface area contributed by atoms with Crippen molar-refractivity contribution >= 4 is 5.69 Å². The molecule has 0 saturated heterocycles. The van der Waals surface area contributed by atoms with Crippen LogP contribution in [-0.2, 0) is 6.42 Å². The number of rotatable bonds is 6. The maximum absolute atomic E-state index is 10.8. The fraction of sp³-hybridized carbons (Fsp3) is 0.571. The molecule has 0 aliphatic rings. The number of hydrogen-bond donors (Lipinski definition) is 1. The van der Waals surface area contributed by atoms with Gasteiger partial charge in [0.05, 0.1) is 4.92 Å². The summed E-state index contributed by atoms with van der Waals surface area (Å²) in [6.45, 7) is 6.05. The maximum Gasteiger partial charge on any atom is 0.272 e. The first-order valence-electron chi connectivity index (χ1n) is 6.63. The van der Waals surface area contributed by atoms with Crippen molar-refractivity contribution in [2.75, 3.05) is 0 Å². The monoisotopic (exact) mass is 252 g/mol. The van der Waals surface area contributed by atoms with E-state index in [4.69, 9.17) is 5.73 Å². The van der Waals surface area contributed by atoms with Gasteiger partial charge < -0.3 is 5.73 Å². The average Bonchev–Trinajstić information content (AvgIpc) is 2.41. The summed E-state index contributed by atoms with van der Waals surface area (Å²) >= 11 is 0. The Labute approximate surface area is 109 Å². The van der Waals surface area contributed by atoms with Crippen LogP contribution in [-0.4, -0.2) is 11.0 Å². The van der Waals surface area contributed by atoms with Crippen LogP contribution in [0.25, 0.3) is 0 Å². The lowest BCUT2D eigenvalue weighted by molar-refractivity contribution is -0.385. The molecule has 0 aliphatic heterocycles. The summed E-state index contributed by atoms with van der Waals surface area (Å²) in [7, 11) is 0. The van der Waals surface area contributed by atoms with Crippen molar-refractivity contribution in [1.29, 1.82) is 0 Å². The average molecular weight is 252 g/mol. The lowest BCUT2D eigenvalue weighted by Gasteiger charge is -2.08. The van der Waals surface area contributed by atoms with Gasteiger partial charge in [-0.25, -0.2) is 0 Å². The predicted molar refractivity (Wildman–Crippen MR) is 75.6 cm³/mol. The molecule has 1 unspecified atom stereocenters. The van der Waals surface area contributed by atoms with Crippen LogP contribution in [0.1, 0.15) is 45.6 Å². The fourth-order valence-electron chi connectivity index (χ4n) is 1.66. The van der Waals surface area contributed by atoms with E-state index >= 15 is 0 Å². The summed E-state index contributed by atoms with van der Waals surface area (Å²) in [5.74, 6) is 0. The van der Waals surface area contributed by atoms with Gasteiger partial charge in [-0.05, 0) is 25.7 Å². The maximum atomic E-state index is 10.8. The lowest BCUT2D eigenvalue weighted by Crippen LogP contribution is -2.18. The van der Waals surface area contributed by atoms with Gasteiger partial charge in [-0.15, -0.1) is 0 Å². The van der Waals surface area contributed by atoms with Gasteiger partial charge in [-0.3, -0.25) is 10.1 Å². The number of hydrogen-bond acceptors (Lipinski definition) is 3. The first-order valence-corrected chi connectivity index (χ1v) is 6.63. The molecule has 4 nitrogen and oxygen atoms in total. The molecule has 4 heteroatoms. The van der Waals surface area contributed by atoms with Gasteiger partial charge >= 0.3 is 0 Å². The molecular weight excluding hydrogens is 228 g/mol. The number of nitrogens with zero attached hydrogens (tertiary/aromatic N) is 1. The fourth-order valence-corrected chi connectivity index (χ4v) is 1.66. The molecule has 1 atom stereocenters. The zero-order chi connectivity index (χ0) is 14.0. The number of nitrogens with two attached hydrogens (primary N) is 1. The highest BCUT2D eigenvalue weighted by atomic mass is 16.6. The minimum Gasteiger partial charge on any atom is -0.328 e. The largest absolute Gasteiger partial charge is 0.328 e. The van der Waals surface area contributed by atoms with Crippen molar-refractivity contribution in [2.24, 2.45) is 5.73 Å². The van der Waals surface area contributed by atoms with E-state index in [0.29, 0.717) is 0 Å². The molecule has 1 aromatic rings. The van der Waals surface area contributed by atoms with Crippen molar-refractivity contribution in [3.63, 3.8) is 0 Å². The second kappa shape index (κ2) is 9.59. The summed E-state index contributed by atoms with van der Waals surface area (Å²) < 4.78 is 0. The quantitative estimate of drug-likeness (QED) is 0.620. The van der Waals surface area contributed by atoms with E-state index in [2.05, 4.69) is 6.92 Å². The first-order chi connectivity index (χ1) is 8.65. The van der Waals surface area contributed by atoms with Crippen LogP contribution in [0.4, 0.5) is 5.69 Å². The minimum atomic E-state index is -0.324. The Kier molecular flexibility index (Phi) is 8.84. The van der Waals surface area contributed by atoms with Gasteiger partial charge in [0.25, 0.3) is 5.69 Å². The van der Waals surface area contributed by atoms with E-state index in [1.807, 2.05) is 26.0 Å². The number of nitro benzene ring substituents is 1. The molecule has 0 aromatic heterocycles. The van der Waals surface area contributed by atoms with Crippen LogP contribution in [0.3, 0.4) is 0 Å². The van der Waals surface area contributed by atoms with Gasteiger partial charge in [-0.2, -0.15) is 0 Å². The van der Waals surface area contributed by atoms with Crippen LogP contribution >= 0.6 is 0 Å². The highest BCUT2D eigenvalue weighted by Crippen LogP contribution is 2.19. The van der Waals surface area contributed by atoms with E-state index in [9.17, 15) is 10.1 Å². The summed E-state index contributed by atoms with van der Waals surface area (Å²) in [5, 5.41) is 10.8. The standard InChI is InChI=1S/C12H18N2O2.C2H6/c1-2-11(13)8-5-7-10-6-3-4-9-12(10)14(15)16;1-2/h3-4,6,9,11H,2,5,7-8,13H2,1H3;1-2H3. The summed E-state index contributed by atoms with van der Waals surface area (Å²) in [6.07, 6.45) is 3.50. The second-order valence-corrected chi connectivity index (χ2v) is 3.95. The van der Waals surface area contributed by atoms with Crippen molar-refractivity contribution < 1.29 is 4.92 Å². The molecule has 1 rings (SSSR count). The van der Waals surface area contributed by atoms with Crippen molar-refractivity contribution in [2.45, 2.75) is 52.5 Å². The number of nitro groups is 1. The molecular formula is C14H24N2O2. The molecule has 0 fully saturated rings. The number of aryl methyl sites for hydroxylation is 1. The Morgan fingerprint density at radius 3 is 2.50 bits per heavy atom. The Morgan fingerprint density at radius 1 is 1.33 bits per heavy atom. The summed E-state index contributed by atoms with van der Waals surface area (Å²) in [6, 6.07) is 7.11. The van der Waals surface area contributed by atoms with Gasteiger partial charge in [0, 0.05) is 17.7 Å². The molecule has 18 heavy (non-hydrogen) atoms. The molecule has 0 bridgehead atoms. The molecule has 0 saturated carbocycles. The van der Waals surface area contributed by atoms with Gasteiger partial charge in [0.2, 0.25) is 0 Å². The second-order valence-electron chi connectivity index (χ2n) is 3.95. The first kappa shape index (κ1) is 16.6. The zero-order valence-electron chi connectivity index (χ0n) is 11.6. The van der Waals surface area contributed by atoms with E-state index in [0.717, 1.165) is 31.2 Å². The third kappa shape index (κ3) is 5.77. The molecule has 0 radical (unpaired) electrons. The number of benzene rings is 1. The van der Waals surface area contributed by atoms with E-state index in [1.165, 1.54) is 0 Å². The van der Waals surface area contributed by atoms with Crippen LogP contribution in [0, 0.1) is 10.1 Å². The normalized spacial score (nSPS) is 11.3. The van der Waals surface area contributed by atoms with E-state index in [1.54, 1.807) is 12.1 Å². The molecule has 0 amide bonds. The van der Waals surface area contributed by atoms with Crippen LogP contribution in [0.5, 0.6) is 0 Å². The predicted octanol–water partition coefficient (Wildman–Crippen LogP) is 3.68. The molecule has 0 heterocycles. The molecule has 2 N–H and O–H groups in total. The molecule has 0 spiro atoms. The molecule has 0 aliphatic carbocycles. The summed E-state index contributed by atoms with van der Waals surface area (Å²) in [5.41, 5.74) is 6.82. The zero-order valence-corrected chi connectivity index (χ0v) is 11.6. The smallest absolute Gasteiger partial charge is 0.272 e. The highest BCUT2D eigenvalue weighted by Gasteiger charge is 2.11. The third-order valence-corrected chi connectivity index (χ3v) is 2.73. The van der Waals surface area contributed by atoms with Gasteiger partial charge in [0.1, 0.15) is 0 Å². The Bertz CT molecular complexity index is 353. The Hall–Kier alpha value is -1.42. The number of para-hydroxylation sites is 1. The van der Waals surface area contributed by atoms with Gasteiger partial charge in [0.15, 0.2) is 0 Å². The topological polar surface area (TPSA) is 69.2 Å². The van der Waals surface area contributed by atoms with Crippen molar-refractivity contribution in [3.8, 4) is 0 Å². The Balaban J connectivity index is 0.00000137. The highest BCUT2D eigenvalue weighted by molar-refractivity contribution is 5.39. The van der Waals surface area contributed by atoms with Crippen molar-refractivity contribution in [1.82, 2.24) is 0 Å². The van der Waals surface area contributed by atoms with Crippen LogP contribution < -0.4 is 5.73 Å². The van der Waals surface area contributed by atoms with Gasteiger partial charge in [-0.1, -0.05) is 39.0 Å². The summed E-state index contributed by atoms with van der Waals surface area (Å²) in [4.78, 5) is 10.4. The van der Waals surface area contributed by atoms with Crippen molar-refractivity contribution in [3.05, 3.63) is 39.9 Å². The molecule has 102 valence electrons. The lowest BCUT2D eigenvalue weighted by atomic mass is 10.0. The van der Waals surface area contributed by atoms with Crippen LogP contribution in [0.2, 0.25) is 0 Å². The molecule has 1 aromatic carbocycles. The Morgan fingerprint density at radius 2 is 1.94 bits per heavy atom. The SMILES string of the molecule is CC.CCC(N)CCCc1ccccc1[N+](=O)[O-]. The third-order valence-electron chi connectivity index (χ3n) is 2.73. The minimum absolute atomic E-state index is 0.211. The van der Waals surface area contributed by atoms with Crippen LogP contribution in [0.15, 0.2) is 24.3 Å². The van der Waals surface area contributed by atoms with E-state index in [-0.39, 0.29) is 16.7 Å².